The topological polar surface area (TPSA) is 63.6 Å². The normalized spacial score (nSPS) is 16.8. The van der Waals surface area contributed by atoms with Crippen LogP contribution in [-0.2, 0) is 35.3 Å². The van der Waals surface area contributed by atoms with E-state index in [2.05, 4.69) is 42.1 Å². The van der Waals surface area contributed by atoms with Crippen LogP contribution in [0.4, 0.5) is 10.5 Å². The number of carbonyl (C=O) groups is 2. The molecule has 1 aromatic carbocycles. The molecule has 0 saturated heterocycles. The molecule has 0 saturated carbocycles. The first-order chi connectivity index (χ1) is 17.0. The van der Waals surface area contributed by atoms with Gasteiger partial charge in [-0.05, 0) is 73.9 Å². The van der Waals surface area contributed by atoms with Gasteiger partial charge < -0.3 is 19.5 Å². The lowest BCUT2D eigenvalue weighted by Crippen LogP contribution is -2.39. The van der Waals surface area contributed by atoms with E-state index < -0.39 is 0 Å². The Balaban J connectivity index is 1.44. The highest BCUT2D eigenvalue weighted by atomic mass is 32.1. The zero-order valence-corrected chi connectivity index (χ0v) is 21.5. The largest absolute Gasteiger partial charge is 0.466 e. The summed E-state index contributed by atoms with van der Waals surface area (Å²) in [5.41, 5.74) is 5.52. The van der Waals surface area contributed by atoms with E-state index >= 15 is 0 Å². The average Bonchev–Trinajstić information content (AvgIpc) is 3.42. The van der Waals surface area contributed by atoms with Crippen LogP contribution in [0.15, 0.2) is 42.6 Å². The fourth-order valence-corrected chi connectivity index (χ4v) is 6.81. The van der Waals surface area contributed by atoms with E-state index in [4.69, 9.17) is 4.74 Å². The number of amides is 2. The van der Waals surface area contributed by atoms with E-state index in [1.165, 1.54) is 33.8 Å². The SMILES string of the molecule is CCOC(=O)Cc1ccc(NC(=O)N2Cc3c(sc4c3CCCC4)-n3cccc3C2C(C)C)cc1. The molecule has 6 nitrogen and oxygen atoms in total. The first-order valence-corrected chi connectivity index (χ1v) is 13.4. The van der Waals surface area contributed by atoms with Crippen molar-refractivity contribution in [3.63, 3.8) is 0 Å². The number of hydrogen-bond acceptors (Lipinski definition) is 4. The van der Waals surface area contributed by atoms with Gasteiger partial charge in [-0.1, -0.05) is 26.0 Å². The maximum absolute atomic E-state index is 13.7. The van der Waals surface area contributed by atoms with Crippen LogP contribution >= 0.6 is 11.3 Å². The summed E-state index contributed by atoms with van der Waals surface area (Å²) >= 11 is 1.91. The molecule has 0 radical (unpaired) electrons. The number of ether oxygens (including phenoxy) is 1. The van der Waals surface area contributed by atoms with Gasteiger partial charge in [0.25, 0.3) is 0 Å². The Labute approximate surface area is 210 Å². The third kappa shape index (κ3) is 4.61. The number of carbonyl (C=O) groups excluding carboxylic acids is 2. The summed E-state index contributed by atoms with van der Waals surface area (Å²) in [6.07, 6.45) is 7.08. The number of aryl methyl sites for hydroxylation is 1. The predicted molar refractivity (Wildman–Crippen MR) is 139 cm³/mol. The quantitative estimate of drug-likeness (QED) is 0.428. The average molecular weight is 492 g/mol. The van der Waals surface area contributed by atoms with Gasteiger partial charge in [0.1, 0.15) is 5.00 Å². The Kier molecular flexibility index (Phi) is 6.69. The lowest BCUT2D eigenvalue weighted by Gasteiger charge is -2.33. The first kappa shape index (κ1) is 23.7. The Morgan fingerprint density at radius 3 is 2.63 bits per heavy atom. The Morgan fingerprint density at radius 1 is 1.11 bits per heavy atom. The maximum Gasteiger partial charge on any atom is 0.322 e. The monoisotopic (exact) mass is 491 g/mol. The molecule has 2 aromatic heterocycles. The van der Waals surface area contributed by atoms with Crippen molar-refractivity contribution in [2.45, 2.75) is 65.5 Å². The zero-order chi connectivity index (χ0) is 24.5. The van der Waals surface area contributed by atoms with Crippen LogP contribution in [0.2, 0.25) is 0 Å². The van der Waals surface area contributed by atoms with E-state index in [0.717, 1.165) is 29.8 Å². The smallest absolute Gasteiger partial charge is 0.322 e. The molecule has 0 spiro atoms. The molecular weight excluding hydrogens is 458 g/mol. The van der Waals surface area contributed by atoms with Crippen molar-refractivity contribution in [3.8, 4) is 5.00 Å². The van der Waals surface area contributed by atoms with Crippen molar-refractivity contribution in [1.29, 1.82) is 0 Å². The van der Waals surface area contributed by atoms with Crippen LogP contribution in [0.25, 0.3) is 5.00 Å². The first-order valence-electron chi connectivity index (χ1n) is 12.6. The molecule has 3 heterocycles. The molecular formula is C28H33N3O3S. The summed E-state index contributed by atoms with van der Waals surface area (Å²) in [4.78, 5) is 29.0. The standard InChI is InChI=1S/C28H33N3O3S/c1-4-34-25(32)16-19-11-13-20(14-12-19)29-28(33)31-17-22-21-8-5-6-10-24(21)35-27(22)30-15-7-9-23(30)26(31)18(2)3/h7,9,11-15,18,26H,4-6,8,10,16-17H2,1-3H3,(H,29,33). The number of benzene rings is 1. The Hall–Kier alpha value is -3.06. The number of anilines is 1. The van der Waals surface area contributed by atoms with Gasteiger partial charge in [0.2, 0.25) is 0 Å². The molecule has 3 aromatic rings. The van der Waals surface area contributed by atoms with Crippen LogP contribution in [0.5, 0.6) is 0 Å². The highest BCUT2D eigenvalue weighted by molar-refractivity contribution is 7.15. The molecule has 1 unspecified atom stereocenters. The number of rotatable bonds is 5. The molecule has 1 atom stereocenters. The van der Waals surface area contributed by atoms with Gasteiger partial charge in [0, 0.05) is 28.0 Å². The molecule has 184 valence electrons. The van der Waals surface area contributed by atoms with Crippen molar-refractivity contribution < 1.29 is 14.3 Å². The summed E-state index contributed by atoms with van der Waals surface area (Å²) in [5.74, 6) is 0.0118. The second-order valence-electron chi connectivity index (χ2n) is 9.72. The van der Waals surface area contributed by atoms with Crippen molar-refractivity contribution in [1.82, 2.24) is 9.47 Å². The Bertz CT molecular complexity index is 1220. The number of hydrogen-bond donors (Lipinski definition) is 1. The van der Waals surface area contributed by atoms with Gasteiger partial charge in [0.05, 0.1) is 25.6 Å². The maximum atomic E-state index is 13.7. The lowest BCUT2D eigenvalue weighted by atomic mass is 9.94. The highest BCUT2D eigenvalue weighted by Crippen LogP contribution is 2.44. The zero-order valence-electron chi connectivity index (χ0n) is 20.7. The summed E-state index contributed by atoms with van der Waals surface area (Å²) in [5, 5.41) is 4.40. The van der Waals surface area contributed by atoms with E-state index in [9.17, 15) is 9.59 Å². The third-order valence-corrected chi connectivity index (χ3v) is 8.31. The van der Waals surface area contributed by atoms with Crippen LogP contribution < -0.4 is 5.32 Å². The molecule has 7 heteroatoms. The molecule has 1 aliphatic heterocycles. The fraction of sp³-hybridized carbons (Fsp3) is 0.429. The van der Waals surface area contributed by atoms with Gasteiger partial charge >= 0.3 is 12.0 Å². The van der Waals surface area contributed by atoms with Crippen molar-refractivity contribution >= 4 is 29.0 Å². The molecule has 0 fully saturated rings. The van der Waals surface area contributed by atoms with E-state index in [0.29, 0.717) is 13.2 Å². The second kappa shape index (κ2) is 9.90. The number of aromatic nitrogens is 1. The number of esters is 1. The predicted octanol–water partition coefficient (Wildman–Crippen LogP) is 6.27. The van der Waals surface area contributed by atoms with E-state index in [1.54, 1.807) is 6.92 Å². The van der Waals surface area contributed by atoms with Crippen LogP contribution in [0, 0.1) is 5.92 Å². The number of nitrogens with one attached hydrogen (secondary N) is 1. The van der Waals surface area contributed by atoms with Gasteiger partial charge in [-0.2, -0.15) is 0 Å². The van der Waals surface area contributed by atoms with Crippen LogP contribution in [0.3, 0.4) is 0 Å². The molecule has 0 bridgehead atoms. The van der Waals surface area contributed by atoms with Crippen molar-refractivity contribution in [2.24, 2.45) is 5.92 Å². The van der Waals surface area contributed by atoms with Crippen molar-refractivity contribution in [2.75, 3.05) is 11.9 Å². The summed E-state index contributed by atoms with van der Waals surface area (Å²) < 4.78 is 7.35. The van der Waals surface area contributed by atoms with Crippen LogP contribution in [0.1, 0.15) is 66.9 Å². The summed E-state index contributed by atoms with van der Waals surface area (Å²) in [6.45, 7) is 7.15. The Morgan fingerprint density at radius 2 is 1.89 bits per heavy atom. The minimum atomic E-state index is -0.244. The molecule has 5 rings (SSSR count). The number of nitrogens with zero attached hydrogens (tertiary/aromatic N) is 2. The highest BCUT2D eigenvalue weighted by Gasteiger charge is 2.36. The molecule has 35 heavy (non-hydrogen) atoms. The molecule has 1 N–H and O–H groups in total. The molecule has 1 aliphatic carbocycles. The summed E-state index contributed by atoms with van der Waals surface area (Å²) in [6, 6.07) is 11.6. The van der Waals surface area contributed by atoms with Gasteiger partial charge in [-0.15, -0.1) is 11.3 Å². The number of fused-ring (bicyclic) bond motifs is 5. The van der Waals surface area contributed by atoms with Crippen LogP contribution in [-0.4, -0.2) is 28.1 Å². The number of thiophene rings is 1. The van der Waals surface area contributed by atoms with Crippen molar-refractivity contribution in [3.05, 3.63) is 69.9 Å². The molecule has 2 aliphatic rings. The fourth-order valence-electron chi connectivity index (χ4n) is 5.40. The van der Waals surface area contributed by atoms with E-state index in [1.807, 2.05) is 40.5 Å². The number of urea groups is 1. The lowest BCUT2D eigenvalue weighted by molar-refractivity contribution is -0.142. The van der Waals surface area contributed by atoms with Gasteiger partial charge in [-0.3, -0.25) is 4.79 Å². The minimum Gasteiger partial charge on any atom is -0.466 e. The third-order valence-electron chi connectivity index (χ3n) is 6.98. The van der Waals surface area contributed by atoms with E-state index in [-0.39, 0.29) is 30.4 Å². The molecule has 2 amide bonds. The van der Waals surface area contributed by atoms with Gasteiger partial charge in [0.15, 0.2) is 0 Å². The second-order valence-corrected chi connectivity index (χ2v) is 10.8. The van der Waals surface area contributed by atoms with Gasteiger partial charge in [-0.25, -0.2) is 4.79 Å². The summed E-state index contributed by atoms with van der Waals surface area (Å²) in [7, 11) is 0. The minimum absolute atomic E-state index is 0.0353.